The lowest BCUT2D eigenvalue weighted by Crippen LogP contribution is -2.06. The topological polar surface area (TPSA) is 97.5 Å². The fourth-order valence-electron chi connectivity index (χ4n) is 1.98. The number of aromatic carboxylic acids is 1. The molecule has 0 aliphatic heterocycles. The van der Waals surface area contributed by atoms with Crippen LogP contribution in [0.25, 0.3) is 0 Å². The zero-order valence-electron chi connectivity index (χ0n) is 11.8. The number of carbonyl (C=O) groups excluding carboxylic acids is 2. The highest BCUT2D eigenvalue weighted by atomic mass is 16.4. The Morgan fingerprint density at radius 2 is 1.09 bits per heavy atom. The predicted molar refractivity (Wildman–Crippen MR) is 82.2 cm³/mol. The van der Waals surface area contributed by atoms with E-state index in [1.165, 1.54) is 24.3 Å². The molecule has 0 aliphatic rings. The Hall–Kier alpha value is -2.95. The standard InChI is InChI=1S/C17H15NO4/c18-14-7-5-12(6-8-14)16(20)10-9-15(19)11-1-3-13(4-2-11)17(21)22/h1-8H,9-10,18H2,(H,21,22). The monoisotopic (exact) mass is 297 g/mol. The number of hydrogen-bond acceptors (Lipinski definition) is 4. The zero-order valence-corrected chi connectivity index (χ0v) is 11.8. The number of benzene rings is 2. The molecule has 3 N–H and O–H groups in total. The average molecular weight is 297 g/mol. The van der Waals surface area contributed by atoms with E-state index in [1.54, 1.807) is 24.3 Å². The van der Waals surface area contributed by atoms with E-state index in [1.807, 2.05) is 0 Å². The second-order valence-corrected chi connectivity index (χ2v) is 4.85. The highest BCUT2D eigenvalue weighted by molar-refractivity contribution is 6.02. The van der Waals surface area contributed by atoms with Crippen LogP contribution in [0, 0.1) is 0 Å². The molecular weight excluding hydrogens is 282 g/mol. The first kappa shape index (κ1) is 15.4. The minimum atomic E-state index is -1.04. The summed E-state index contributed by atoms with van der Waals surface area (Å²) >= 11 is 0. The molecule has 0 spiro atoms. The summed E-state index contributed by atoms with van der Waals surface area (Å²) in [5.74, 6) is -1.37. The van der Waals surface area contributed by atoms with E-state index in [0.717, 1.165) is 0 Å². The van der Waals surface area contributed by atoms with Crippen LogP contribution in [0.15, 0.2) is 48.5 Å². The van der Waals surface area contributed by atoms with Gasteiger partial charge in [-0.3, -0.25) is 9.59 Å². The molecule has 2 aromatic carbocycles. The Morgan fingerprint density at radius 3 is 1.50 bits per heavy atom. The van der Waals surface area contributed by atoms with Crippen molar-refractivity contribution in [3.8, 4) is 0 Å². The molecule has 0 radical (unpaired) electrons. The van der Waals surface area contributed by atoms with Gasteiger partial charge in [-0.05, 0) is 36.4 Å². The van der Waals surface area contributed by atoms with Crippen molar-refractivity contribution in [1.82, 2.24) is 0 Å². The molecule has 2 rings (SSSR count). The third-order valence-corrected chi connectivity index (χ3v) is 3.27. The molecule has 5 heteroatoms. The molecule has 0 amide bonds. The molecule has 0 saturated carbocycles. The molecule has 0 fully saturated rings. The van der Waals surface area contributed by atoms with E-state index in [9.17, 15) is 14.4 Å². The Kier molecular flexibility index (Phi) is 4.68. The quantitative estimate of drug-likeness (QED) is 0.631. The highest BCUT2D eigenvalue weighted by Gasteiger charge is 2.12. The predicted octanol–water partition coefficient (Wildman–Crippen LogP) is 2.81. The molecule has 0 aromatic heterocycles. The first-order valence-electron chi connectivity index (χ1n) is 6.72. The minimum absolute atomic E-state index is 0.0790. The smallest absolute Gasteiger partial charge is 0.335 e. The fraction of sp³-hybridized carbons (Fsp3) is 0.118. The van der Waals surface area contributed by atoms with Crippen molar-refractivity contribution in [2.75, 3.05) is 5.73 Å². The molecule has 0 saturated heterocycles. The van der Waals surface area contributed by atoms with Crippen molar-refractivity contribution in [2.24, 2.45) is 0 Å². The van der Waals surface area contributed by atoms with Crippen LogP contribution in [0.3, 0.4) is 0 Å². The summed E-state index contributed by atoms with van der Waals surface area (Å²) < 4.78 is 0. The number of nitrogens with two attached hydrogens (primary N) is 1. The third kappa shape index (κ3) is 3.79. The van der Waals surface area contributed by atoms with Crippen LogP contribution >= 0.6 is 0 Å². The summed E-state index contributed by atoms with van der Waals surface area (Å²) in [5.41, 5.74) is 7.16. The maximum absolute atomic E-state index is 12.0. The second kappa shape index (κ2) is 6.67. The Bertz CT molecular complexity index is 702. The van der Waals surface area contributed by atoms with Gasteiger partial charge in [-0.2, -0.15) is 0 Å². The Labute approximate surface area is 127 Å². The Morgan fingerprint density at radius 1 is 0.727 bits per heavy atom. The van der Waals surface area contributed by atoms with Gasteiger partial charge in [-0.1, -0.05) is 12.1 Å². The maximum Gasteiger partial charge on any atom is 0.335 e. The van der Waals surface area contributed by atoms with Crippen LogP contribution in [-0.2, 0) is 0 Å². The molecule has 0 heterocycles. The molecule has 0 bridgehead atoms. The maximum atomic E-state index is 12.0. The summed E-state index contributed by atoms with van der Waals surface area (Å²) in [4.78, 5) is 34.7. The molecule has 0 atom stereocenters. The largest absolute Gasteiger partial charge is 0.478 e. The normalized spacial score (nSPS) is 10.2. The SMILES string of the molecule is Nc1ccc(C(=O)CCC(=O)c2ccc(C(=O)O)cc2)cc1. The Balaban J connectivity index is 1.96. The third-order valence-electron chi connectivity index (χ3n) is 3.27. The first-order chi connectivity index (χ1) is 10.5. The molecule has 112 valence electrons. The van der Waals surface area contributed by atoms with E-state index < -0.39 is 5.97 Å². The van der Waals surface area contributed by atoms with Gasteiger partial charge in [0.05, 0.1) is 5.56 Å². The lowest BCUT2D eigenvalue weighted by molar-refractivity contribution is 0.0696. The number of carboxylic acids is 1. The molecule has 2 aromatic rings. The molecule has 0 aliphatic carbocycles. The van der Waals surface area contributed by atoms with Crippen LogP contribution in [0.4, 0.5) is 5.69 Å². The number of ketones is 2. The molecule has 5 nitrogen and oxygen atoms in total. The zero-order chi connectivity index (χ0) is 16.1. The summed E-state index contributed by atoms with van der Waals surface area (Å²) in [6.45, 7) is 0. The van der Waals surface area contributed by atoms with Crippen LogP contribution in [0.1, 0.15) is 43.9 Å². The van der Waals surface area contributed by atoms with E-state index in [4.69, 9.17) is 10.8 Å². The number of rotatable bonds is 6. The van der Waals surface area contributed by atoms with Gasteiger partial charge in [-0.15, -0.1) is 0 Å². The van der Waals surface area contributed by atoms with Gasteiger partial charge in [0.15, 0.2) is 11.6 Å². The first-order valence-corrected chi connectivity index (χ1v) is 6.72. The highest BCUT2D eigenvalue weighted by Crippen LogP contribution is 2.12. The van der Waals surface area contributed by atoms with Crippen LogP contribution in [-0.4, -0.2) is 22.6 Å². The summed E-state index contributed by atoms with van der Waals surface area (Å²) in [6, 6.07) is 12.2. The minimum Gasteiger partial charge on any atom is -0.478 e. The van der Waals surface area contributed by atoms with Crippen molar-refractivity contribution in [3.63, 3.8) is 0 Å². The molecule has 0 unspecified atom stereocenters. The van der Waals surface area contributed by atoms with Gasteiger partial charge in [0.2, 0.25) is 0 Å². The van der Waals surface area contributed by atoms with E-state index >= 15 is 0 Å². The number of carboxylic acid groups (broad SMARTS) is 1. The summed E-state index contributed by atoms with van der Waals surface area (Å²) in [7, 11) is 0. The second-order valence-electron chi connectivity index (χ2n) is 4.85. The average Bonchev–Trinajstić information content (AvgIpc) is 2.53. The van der Waals surface area contributed by atoms with Crippen molar-refractivity contribution >= 4 is 23.2 Å². The molecular formula is C17H15NO4. The van der Waals surface area contributed by atoms with E-state index in [2.05, 4.69) is 0 Å². The summed E-state index contributed by atoms with van der Waals surface area (Å²) in [5, 5.41) is 8.80. The van der Waals surface area contributed by atoms with Crippen molar-refractivity contribution in [3.05, 3.63) is 65.2 Å². The van der Waals surface area contributed by atoms with Crippen molar-refractivity contribution < 1.29 is 19.5 Å². The van der Waals surface area contributed by atoms with Crippen molar-refractivity contribution in [2.45, 2.75) is 12.8 Å². The lowest BCUT2D eigenvalue weighted by atomic mass is 10.0. The number of hydrogen-bond donors (Lipinski definition) is 2. The van der Waals surface area contributed by atoms with Gasteiger partial charge >= 0.3 is 5.97 Å². The number of anilines is 1. The van der Waals surface area contributed by atoms with Gasteiger partial charge < -0.3 is 10.8 Å². The number of carbonyl (C=O) groups is 3. The van der Waals surface area contributed by atoms with Crippen LogP contribution in [0.5, 0.6) is 0 Å². The van der Waals surface area contributed by atoms with E-state index in [0.29, 0.717) is 16.8 Å². The van der Waals surface area contributed by atoms with Crippen LogP contribution < -0.4 is 5.73 Å². The lowest BCUT2D eigenvalue weighted by Gasteiger charge is -2.03. The molecule has 22 heavy (non-hydrogen) atoms. The van der Waals surface area contributed by atoms with Gasteiger partial charge in [0.1, 0.15) is 0 Å². The van der Waals surface area contributed by atoms with Gasteiger partial charge in [0, 0.05) is 29.7 Å². The number of Topliss-reactive ketones (excluding diaryl/α,β-unsaturated/α-hetero) is 2. The van der Waals surface area contributed by atoms with Gasteiger partial charge in [0.25, 0.3) is 0 Å². The van der Waals surface area contributed by atoms with Crippen molar-refractivity contribution in [1.29, 1.82) is 0 Å². The number of nitrogen functional groups attached to an aromatic ring is 1. The fourth-order valence-corrected chi connectivity index (χ4v) is 1.98. The van der Waals surface area contributed by atoms with Gasteiger partial charge in [-0.25, -0.2) is 4.79 Å². The van der Waals surface area contributed by atoms with Crippen LogP contribution in [0.2, 0.25) is 0 Å². The summed E-state index contributed by atoms with van der Waals surface area (Å²) in [6.07, 6.45) is 0.180. The van der Waals surface area contributed by atoms with E-state index in [-0.39, 0.29) is 30.0 Å².